The van der Waals surface area contributed by atoms with Crippen molar-refractivity contribution in [2.75, 3.05) is 0 Å². The van der Waals surface area contributed by atoms with Crippen LogP contribution in [0.1, 0.15) is 27.2 Å². The summed E-state index contributed by atoms with van der Waals surface area (Å²) in [6.07, 6.45) is 1.05. The van der Waals surface area contributed by atoms with Gasteiger partial charge in [0.1, 0.15) is 0 Å². The molecule has 0 aliphatic carbocycles. The lowest BCUT2D eigenvalue weighted by Gasteiger charge is -2.13. The van der Waals surface area contributed by atoms with E-state index < -0.39 is 0 Å². The topological polar surface area (TPSA) is 26.0 Å². The van der Waals surface area contributed by atoms with E-state index in [0.717, 1.165) is 6.42 Å². The Morgan fingerprint density at radius 3 is 1.57 bits per heavy atom. The molecule has 0 radical (unpaired) electrons. The van der Waals surface area contributed by atoms with E-state index in [1.54, 1.807) is 0 Å². The molecule has 1 nitrogen and oxygen atoms in total. The van der Waals surface area contributed by atoms with Crippen LogP contribution in [0.25, 0.3) is 0 Å². The highest BCUT2D eigenvalue weighted by Crippen LogP contribution is 1.99. The van der Waals surface area contributed by atoms with Crippen LogP contribution in [0.2, 0.25) is 0 Å². The number of nitrogens with two attached hydrogens (primary N) is 1. The van der Waals surface area contributed by atoms with Crippen molar-refractivity contribution >= 4 is 12.4 Å². The molecule has 0 aromatic rings. The van der Waals surface area contributed by atoms with Gasteiger partial charge in [0.15, 0.2) is 0 Å². The molecule has 0 aromatic heterocycles. The van der Waals surface area contributed by atoms with Gasteiger partial charge in [0.25, 0.3) is 0 Å². The summed E-state index contributed by atoms with van der Waals surface area (Å²) < 4.78 is 0. The van der Waals surface area contributed by atoms with E-state index in [4.69, 9.17) is 5.73 Å². The van der Waals surface area contributed by atoms with Crippen molar-refractivity contribution in [1.82, 2.24) is 0 Å². The van der Waals surface area contributed by atoms with Gasteiger partial charge in [-0.25, -0.2) is 0 Å². The van der Waals surface area contributed by atoms with Gasteiger partial charge >= 0.3 is 0 Å². The third-order valence-corrected chi connectivity index (χ3v) is 0.911. The summed E-state index contributed by atoms with van der Waals surface area (Å²) in [5, 5.41) is 0. The predicted molar refractivity (Wildman–Crippen MR) is 35.8 cm³/mol. The minimum Gasteiger partial charge on any atom is -0.326 e. The molecule has 0 aromatic carbocycles. The second-order valence-corrected chi connectivity index (χ2v) is 2.34. The van der Waals surface area contributed by atoms with Crippen molar-refractivity contribution in [3.8, 4) is 0 Å². The summed E-state index contributed by atoms with van der Waals surface area (Å²) in [6, 6.07) is 0. The molecule has 0 atom stereocenters. The Hall–Kier alpha value is 0.250. The van der Waals surface area contributed by atoms with E-state index in [1.165, 1.54) is 0 Å². The smallest absolute Gasteiger partial charge is 0.00944 e. The van der Waals surface area contributed by atoms with Gasteiger partial charge in [0.05, 0.1) is 0 Å². The van der Waals surface area contributed by atoms with E-state index in [0.29, 0.717) is 0 Å². The molecule has 0 unspecified atom stereocenters. The Balaban J connectivity index is 0. The van der Waals surface area contributed by atoms with Crippen molar-refractivity contribution < 1.29 is 0 Å². The van der Waals surface area contributed by atoms with Crippen LogP contribution in [0.5, 0.6) is 0 Å². The molecule has 7 heavy (non-hydrogen) atoms. The first-order chi connectivity index (χ1) is 2.56. The lowest BCUT2D eigenvalue weighted by atomic mass is 10.1. The summed E-state index contributed by atoms with van der Waals surface area (Å²) in [6.45, 7) is 6.12. The van der Waals surface area contributed by atoms with Gasteiger partial charge in [-0.3, -0.25) is 0 Å². The third kappa shape index (κ3) is 10.7. The molecule has 2 N–H and O–H groups in total. The largest absolute Gasteiger partial charge is 0.326 e. The van der Waals surface area contributed by atoms with Gasteiger partial charge in [-0.1, -0.05) is 6.92 Å². The van der Waals surface area contributed by atoms with Crippen LogP contribution in [0, 0.1) is 0 Å². The summed E-state index contributed by atoms with van der Waals surface area (Å²) >= 11 is 0. The van der Waals surface area contributed by atoms with Gasteiger partial charge in [-0.15, -0.1) is 12.4 Å². The first-order valence-corrected chi connectivity index (χ1v) is 2.35. The lowest BCUT2D eigenvalue weighted by Crippen LogP contribution is -2.30. The number of rotatable bonds is 1. The Bertz CT molecular complexity index is 37.8. The Labute approximate surface area is 51.7 Å². The second-order valence-electron chi connectivity index (χ2n) is 2.34. The number of hydrogen-bond acceptors (Lipinski definition) is 1. The molecule has 0 amide bonds. The standard InChI is InChI=1S/C5H13N.ClH/c1-4-5(2,3)6;/h4,6H2,1-3H3;1H. The first kappa shape index (κ1) is 10.3. The quantitative estimate of drug-likeness (QED) is 0.563. The molecular formula is C5H14ClN. The first-order valence-electron chi connectivity index (χ1n) is 2.35. The second kappa shape index (κ2) is 3.28. The minimum atomic E-state index is 0. The van der Waals surface area contributed by atoms with E-state index in [-0.39, 0.29) is 17.9 Å². The SMILES string of the molecule is CCC(C)(C)N.Cl. The molecule has 0 saturated heterocycles. The van der Waals surface area contributed by atoms with E-state index in [2.05, 4.69) is 6.92 Å². The van der Waals surface area contributed by atoms with Crippen LogP contribution in [0.3, 0.4) is 0 Å². The highest BCUT2D eigenvalue weighted by atomic mass is 35.5. The normalized spacial score (nSPS) is 10.3. The van der Waals surface area contributed by atoms with Crippen LogP contribution in [-0.2, 0) is 0 Å². The van der Waals surface area contributed by atoms with Crippen LogP contribution >= 0.6 is 12.4 Å². The van der Waals surface area contributed by atoms with Crippen molar-refractivity contribution in [3.63, 3.8) is 0 Å². The highest BCUT2D eigenvalue weighted by molar-refractivity contribution is 5.85. The molecule has 0 bridgehead atoms. The van der Waals surface area contributed by atoms with Crippen molar-refractivity contribution in [1.29, 1.82) is 0 Å². The molecule has 46 valence electrons. The zero-order valence-corrected chi connectivity index (χ0v) is 6.01. The van der Waals surface area contributed by atoms with E-state index >= 15 is 0 Å². The maximum atomic E-state index is 5.53. The molecular weight excluding hydrogens is 110 g/mol. The Kier molecular flexibility index (Phi) is 4.81. The fourth-order valence-electron chi connectivity index (χ4n) is 0. The van der Waals surface area contributed by atoms with Crippen LogP contribution in [-0.4, -0.2) is 5.54 Å². The number of halogens is 1. The van der Waals surface area contributed by atoms with Gasteiger partial charge < -0.3 is 5.73 Å². The predicted octanol–water partition coefficient (Wildman–Crippen LogP) is 1.56. The fourth-order valence-corrected chi connectivity index (χ4v) is 0. The summed E-state index contributed by atoms with van der Waals surface area (Å²) in [5.41, 5.74) is 5.58. The number of hydrogen-bond donors (Lipinski definition) is 1. The zero-order valence-electron chi connectivity index (χ0n) is 5.19. The molecule has 0 heterocycles. The fraction of sp³-hybridized carbons (Fsp3) is 1.00. The van der Waals surface area contributed by atoms with Crippen LogP contribution in [0.15, 0.2) is 0 Å². The van der Waals surface area contributed by atoms with Crippen LogP contribution in [0.4, 0.5) is 0 Å². The van der Waals surface area contributed by atoms with Gasteiger partial charge in [-0.05, 0) is 20.3 Å². The van der Waals surface area contributed by atoms with Crippen molar-refractivity contribution in [2.24, 2.45) is 5.73 Å². The maximum absolute atomic E-state index is 5.53. The molecule has 0 rings (SSSR count). The van der Waals surface area contributed by atoms with Gasteiger partial charge in [0.2, 0.25) is 0 Å². The summed E-state index contributed by atoms with van der Waals surface area (Å²) in [7, 11) is 0. The van der Waals surface area contributed by atoms with Crippen molar-refractivity contribution in [3.05, 3.63) is 0 Å². The van der Waals surface area contributed by atoms with Gasteiger partial charge in [-0.2, -0.15) is 0 Å². The van der Waals surface area contributed by atoms with Crippen LogP contribution < -0.4 is 5.73 Å². The summed E-state index contributed by atoms with van der Waals surface area (Å²) in [4.78, 5) is 0. The molecule has 2 heteroatoms. The van der Waals surface area contributed by atoms with Gasteiger partial charge in [0, 0.05) is 5.54 Å². The van der Waals surface area contributed by atoms with E-state index in [1.807, 2.05) is 13.8 Å². The van der Waals surface area contributed by atoms with Crippen molar-refractivity contribution in [2.45, 2.75) is 32.7 Å². The molecule has 0 aliphatic rings. The Morgan fingerprint density at radius 1 is 1.43 bits per heavy atom. The third-order valence-electron chi connectivity index (χ3n) is 0.911. The highest BCUT2D eigenvalue weighted by Gasteiger charge is 2.03. The monoisotopic (exact) mass is 123 g/mol. The molecule has 0 saturated carbocycles. The minimum absolute atomic E-state index is 0. The average Bonchev–Trinajstić information content (AvgIpc) is 1.35. The lowest BCUT2D eigenvalue weighted by molar-refractivity contribution is 0.501. The maximum Gasteiger partial charge on any atom is 0.00944 e. The zero-order chi connectivity index (χ0) is 5.21. The average molecular weight is 124 g/mol. The Morgan fingerprint density at radius 2 is 1.57 bits per heavy atom. The summed E-state index contributed by atoms with van der Waals surface area (Å²) in [5.74, 6) is 0. The molecule has 0 fully saturated rings. The molecule has 0 aliphatic heterocycles. The molecule has 0 spiro atoms. The van der Waals surface area contributed by atoms with E-state index in [9.17, 15) is 0 Å².